The van der Waals surface area contributed by atoms with Crippen molar-refractivity contribution in [1.29, 1.82) is 0 Å². The van der Waals surface area contributed by atoms with Crippen LogP contribution in [0.2, 0.25) is 0 Å². The van der Waals surface area contributed by atoms with Gasteiger partial charge in [-0.2, -0.15) is 0 Å². The van der Waals surface area contributed by atoms with E-state index in [9.17, 15) is 4.79 Å². The summed E-state index contributed by atoms with van der Waals surface area (Å²) >= 11 is 6.73. The van der Waals surface area contributed by atoms with Gasteiger partial charge >= 0.3 is 0 Å². The molecule has 4 rings (SSSR count). The highest BCUT2D eigenvalue weighted by molar-refractivity contribution is 6.25. The van der Waals surface area contributed by atoms with Crippen LogP contribution < -0.4 is 24.6 Å². The summed E-state index contributed by atoms with van der Waals surface area (Å²) in [5.41, 5.74) is 1.81. The van der Waals surface area contributed by atoms with Gasteiger partial charge in [-0.25, -0.2) is 0 Å². The lowest BCUT2D eigenvalue weighted by molar-refractivity contribution is -0.121. The Balaban J connectivity index is 0.00000225. The number of hydrogen-bond donors (Lipinski definition) is 1. The third kappa shape index (κ3) is 3.85. The zero-order valence-corrected chi connectivity index (χ0v) is 17.1. The molecule has 1 atom stereocenters. The number of rotatable bonds is 4. The molecule has 1 fully saturated rings. The molecule has 0 bridgehead atoms. The van der Waals surface area contributed by atoms with E-state index >= 15 is 0 Å². The summed E-state index contributed by atoms with van der Waals surface area (Å²) < 4.78 is 11.4. The number of piperazine rings is 1. The Morgan fingerprint density at radius 3 is 2.50 bits per heavy atom. The fraction of sp³-hybridized carbons (Fsp3) is 0.350. The van der Waals surface area contributed by atoms with Gasteiger partial charge in [-0.1, -0.05) is 41.9 Å². The van der Waals surface area contributed by atoms with E-state index < -0.39 is 5.50 Å². The molecule has 1 unspecified atom stereocenters. The first-order valence-corrected chi connectivity index (χ1v) is 9.44. The third-order valence-corrected chi connectivity index (χ3v) is 5.33. The summed E-state index contributed by atoms with van der Waals surface area (Å²) in [7, 11) is 1.62. The lowest BCUT2D eigenvalue weighted by atomic mass is 10.1. The quantitative estimate of drug-likeness (QED) is 0.604. The maximum absolute atomic E-state index is 12.7. The number of halogens is 2. The van der Waals surface area contributed by atoms with Gasteiger partial charge in [0.1, 0.15) is 11.3 Å². The molecule has 0 aliphatic carbocycles. The summed E-state index contributed by atoms with van der Waals surface area (Å²) in [6.07, 6.45) is 0. The number of carbonyl (C=O) groups excluding carboxylic acids is 1. The van der Waals surface area contributed by atoms with Crippen LogP contribution in [-0.4, -0.2) is 45.8 Å². The van der Waals surface area contributed by atoms with Gasteiger partial charge in [0.05, 0.1) is 18.5 Å². The van der Waals surface area contributed by atoms with Crippen molar-refractivity contribution in [2.45, 2.75) is 5.50 Å². The van der Waals surface area contributed by atoms with E-state index in [0.717, 1.165) is 37.4 Å². The molecule has 0 spiro atoms. The Hall–Kier alpha value is -2.15. The summed E-state index contributed by atoms with van der Waals surface area (Å²) in [4.78, 5) is 16.6. The SMILES string of the molecule is COc1cc(N2CCNCC2)c2c(c1)N(C(Cl)c1ccccc1)C(=O)CO2.Cl. The number of fused-ring (bicyclic) bond motifs is 1. The summed E-state index contributed by atoms with van der Waals surface area (Å²) in [5.74, 6) is 1.17. The van der Waals surface area contributed by atoms with Crippen molar-refractivity contribution in [2.24, 2.45) is 0 Å². The van der Waals surface area contributed by atoms with Crippen LogP contribution in [0.1, 0.15) is 11.1 Å². The molecule has 2 aliphatic rings. The van der Waals surface area contributed by atoms with Crippen LogP contribution in [-0.2, 0) is 4.79 Å². The molecule has 2 aromatic rings. The number of benzene rings is 2. The molecule has 150 valence electrons. The second kappa shape index (κ2) is 8.90. The van der Waals surface area contributed by atoms with Crippen LogP contribution in [0.25, 0.3) is 0 Å². The second-order valence-electron chi connectivity index (χ2n) is 6.53. The predicted octanol–water partition coefficient (Wildman–Crippen LogP) is 3.19. The van der Waals surface area contributed by atoms with Gasteiger partial charge < -0.3 is 19.7 Å². The fourth-order valence-electron chi connectivity index (χ4n) is 3.51. The average molecular weight is 424 g/mol. The zero-order valence-electron chi connectivity index (χ0n) is 15.6. The van der Waals surface area contributed by atoms with Gasteiger partial charge in [0.15, 0.2) is 12.4 Å². The van der Waals surface area contributed by atoms with E-state index in [2.05, 4.69) is 10.2 Å². The summed E-state index contributed by atoms with van der Waals surface area (Å²) in [5, 5.41) is 3.35. The number of amides is 1. The first kappa shape index (κ1) is 20.6. The van der Waals surface area contributed by atoms with Crippen LogP contribution >= 0.6 is 24.0 Å². The van der Waals surface area contributed by atoms with E-state index in [-0.39, 0.29) is 24.9 Å². The maximum Gasteiger partial charge on any atom is 0.266 e. The van der Waals surface area contributed by atoms with E-state index in [1.165, 1.54) is 0 Å². The van der Waals surface area contributed by atoms with Gasteiger partial charge in [0, 0.05) is 38.3 Å². The van der Waals surface area contributed by atoms with E-state index in [1.54, 1.807) is 12.0 Å². The van der Waals surface area contributed by atoms with Crippen molar-refractivity contribution < 1.29 is 14.3 Å². The molecule has 1 saturated heterocycles. The normalized spacial score (nSPS) is 17.3. The Labute approximate surface area is 175 Å². The Morgan fingerprint density at radius 1 is 1.14 bits per heavy atom. The molecule has 1 amide bonds. The van der Waals surface area contributed by atoms with Gasteiger partial charge in [-0.05, 0) is 5.56 Å². The molecule has 2 aromatic carbocycles. The Morgan fingerprint density at radius 2 is 1.82 bits per heavy atom. The number of alkyl halides is 1. The van der Waals surface area contributed by atoms with E-state index in [1.807, 2.05) is 42.5 Å². The monoisotopic (exact) mass is 423 g/mol. The smallest absolute Gasteiger partial charge is 0.266 e. The lowest BCUT2D eigenvalue weighted by Crippen LogP contribution is -2.45. The topological polar surface area (TPSA) is 54.0 Å². The van der Waals surface area contributed by atoms with Crippen molar-refractivity contribution in [3.05, 3.63) is 48.0 Å². The lowest BCUT2D eigenvalue weighted by Gasteiger charge is -2.37. The van der Waals surface area contributed by atoms with Crippen LogP contribution in [0.3, 0.4) is 0 Å². The van der Waals surface area contributed by atoms with Gasteiger partial charge in [0.2, 0.25) is 0 Å². The molecule has 6 nitrogen and oxygen atoms in total. The predicted molar refractivity (Wildman–Crippen MR) is 113 cm³/mol. The third-order valence-electron chi connectivity index (χ3n) is 4.89. The number of ether oxygens (including phenoxy) is 2. The number of hydrogen-bond acceptors (Lipinski definition) is 5. The number of carbonyl (C=O) groups is 1. The molecule has 0 saturated carbocycles. The first-order valence-electron chi connectivity index (χ1n) is 9.00. The highest BCUT2D eigenvalue weighted by Gasteiger charge is 2.35. The largest absolute Gasteiger partial charge is 0.497 e. The number of nitrogens with one attached hydrogen (secondary N) is 1. The Bertz CT molecular complexity index is 829. The fourth-order valence-corrected chi connectivity index (χ4v) is 3.87. The average Bonchev–Trinajstić information content (AvgIpc) is 2.73. The maximum atomic E-state index is 12.7. The number of anilines is 2. The first-order chi connectivity index (χ1) is 13.2. The molecule has 1 N–H and O–H groups in total. The number of nitrogens with zero attached hydrogens (tertiary/aromatic N) is 2. The molecule has 0 aromatic heterocycles. The van der Waals surface area contributed by atoms with E-state index in [0.29, 0.717) is 17.2 Å². The highest BCUT2D eigenvalue weighted by Crippen LogP contribution is 2.47. The van der Waals surface area contributed by atoms with Gasteiger partial charge in [-0.3, -0.25) is 9.69 Å². The highest BCUT2D eigenvalue weighted by atomic mass is 35.5. The van der Waals surface area contributed by atoms with Crippen LogP contribution in [0.5, 0.6) is 11.5 Å². The minimum Gasteiger partial charge on any atom is -0.497 e. The minimum absolute atomic E-state index is 0. The second-order valence-corrected chi connectivity index (χ2v) is 6.94. The van der Waals surface area contributed by atoms with Crippen LogP contribution in [0, 0.1) is 0 Å². The van der Waals surface area contributed by atoms with Crippen molar-refractivity contribution in [3.8, 4) is 11.5 Å². The molecule has 0 radical (unpaired) electrons. The van der Waals surface area contributed by atoms with Crippen molar-refractivity contribution in [1.82, 2.24) is 5.32 Å². The molecular formula is C20H23Cl2N3O3. The Kier molecular flexibility index (Phi) is 6.54. The minimum atomic E-state index is -0.621. The molecular weight excluding hydrogens is 401 g/mol. The molecule has 2 heterocycles. The van der Waals surface area contributed by atoms with Crippen LogP contribution in [0.15, 0.2) is 42.5 Å². The van der Waals surface area contributed by atoms with Crippen molar-refractivity contribution in [2.75, 3.05) is 49.7 Å². The molecule has 2 aliphatic heterocycles. The zero-order chi connectivity index (χ0) is 18.8. The van der Waals surface area contributed by atoms with Crippen LogP contribution in [0.4, 0.5) is 11.4 Å². The van der Waals surface area contributed by atoms with Gasteiger partial charge in [0.25, 0.3) is 5.91 Å². The number of methoxy groups -OCH3 is 1. The van der Waals surface area contributed by atoms with Crippen molar-refractivity contribution in [3.63, 3.8) is 0 Å². The summed E-state index contributed by atoms with van der Waals surface area (Å²) in [6.45, 7) is 3.49. The molecule has 8 heteroatoms. The van der Waals surface area contributed by atoms with Gasteiger partial charge in [-0.15, -0.1) is 12.4 Å². The standard InChI is InChI=1S/C20H22ClN3O3.ClH/c1-26-15-11-16(23-9-7-22-8-10-23)19-17(12-15)24(18(25)13-27-19)20(21)14-5-3-2-4-6-14;/h2-6,11-12,20,22H,7-10,13H2,1H3;1H. The van der Waals surface area contributed by atoms with E-state index in [4.69, 9.17) is 21.1 Å². The van der Waals surface area contributed by atoms with Crippen molar-refractivity contribution >= 4 is 41.3 Å². The molecule has 28 heavy (non-hydrogen) atoms. The summed E-state index contributed by atoms with van der Waals surface area (Å²) in [6, 6.07) is 13.4.